The zero-order chi connectivity index (χ0) is 25.1. The van der Waals surface area contributed by atoms with Crippen LogP contribution >= 0.6 is 0 Å². The summed E-state index contributed by atoms with van der Waals surface area (Å²) >= 11 is 0. The molecule has 0 unspecified atom stereocenters. The Labute approximate surface area is 187 Å². The van der Waals surface area contributed by atoms with Crippen molar-refractivity contribution in [3.8, 4) is 17.3 Å². The molecule has 3 aromatic heterocycles. The fraction of sp³-hybridized carbons (Fsp3) is 0.250. The summed E-state index contributed by atoms with van der Waals surface area (Å²) in [7, 11) is -2.73. The molecule has 0 atom stereocenters. The molecule has 0 spiro atoms. The standard InChI is InChI=1S/C20H14F6N4O3S/c1-3-34(31,32)14-7-10(19(21,22)23)8-27-16(14)18-29-12-9-28-15-11(17(12)30(18)2)5-4-6-13(15)33-20(24,25)26/h4-9H,3H2,1-2H3. The van der Waals surface area contributed by atoms with E-state index in [1.165, 1.54) is 30.7 Å². The Balaban J connectivity index is 2.01. The number of hydrogen-bond acceptors (Lipinski definition) is 6. The highest BCUT2D eigenvalue weighted by molar-refractivity contribution is 7.91. The second kappa shape index (κ2) is 7.82. The van der Waals surface area contributed by atoms with Crippen molar-refractivity contribution in [1.82, 2.24) is 19.5 Å². The third-order valence-electron chi connectivity index (χ3n) is 5.02. The molecule has 0 radical (unpaired) electrons. The highest BCUT2D eigenvalue weighted by Gasteiger charge is 2.35. The summed E-state index contributed by atoms with van der Waals surface area (Å²) in [5.41, 5.74) is -1.29. The van der Waals surface area contributed by atoms with Crippen molar-refractivity contribution >= 4 is 31.8 Å². The van der Waals surface area contributed by atoms with Crippen molar-refractivity contribution in [2.45, 2.75) is 24.4 Å². The van der Waals surface area contributed by atoms with E-state index in [2.05, 4.69) is 19.7 Å². The zero-order valence-electron chi connectivity index (χ0n) is 17.4. The van der Waals surface area contributed by atoms with Gasteiger partial charge in [0.05, 0.1) is 27.9 Å². The molecule has 34 heavy (non-hydrogen) atoms. The molecule has 0 aliphatic heterocycles. The van der Waals surface area contributed by atoms with E-state index >= 15 is 0 Å². The Hall–Kier alpha value is -3.42. The third-order valence-corrected chi connectivity index (χ3v) is 6.77. The van der Waals surface area contributed by atoms with E-state index in [-0.39, 0.29) is 33.5 Å². The second-order valence-corrected chi connectivity index (χ2v) is 9.41. The van der Waals surface area contributed by atoms with Gasteiger partial charge in [-0.05, 0) is 12.1 Å². The first kappa shape index (κ1) is 23.7. The number of imidazole rings is 1. The number of alkyl halides is 6. The predicted molar refractivity (Wildman–Crippen MR) is 109 cm³/mol. The molecule has 0 amide bonds. The van der Waals surface area contributed by atoms with Crippen LogP contribution in [-0.2, 0) is 23.1 Å². The van der Waals surface area contributed by atoms with Gasteiger partial charge in [0.25, 0.3) is 0 Å². The molecular formula is C20H14F6N4O3S. The number of sulfone groups is 1. The molecule has 4 rings (SSSR count). The fourth-order valence-corrected chi connectivity index (χ4v) is 4.54. The van der Waals surface area contributed by atoms with Gasteiger partial charge in [-0.25, -0.2) is 18.4 Å². The van der Waals surface area contributed by atoms with Gasteiger partial charge in [-0.1, -0.05) is 19.1 Å². The number of hydrogen-bond donors (Lipinski definition) is 0. The van der Waals surface area contributed by atoms with Crippen molar-refractivity contribution in [1.29, 1.82) is 0 Å². The molecule has 1 aromatic carbocycles. The molecule has 4 aromatic rings. The van der Waals surface area contributed by atoms with Gasteiger partial charge in [-0.2, -0.15) is 13.2 Å². The van der Waals surface area contributed by atoms with E-state index < -0.39 is 44.3 Å². The van der Waals surface area contributed by atoms with Gasteiger partial charge in [0.1, 0.15) is 16.7 Å². The Morgan fingerprint density at radius 1 is 1.06 bits per heavy atom. The molecule has 0 aliphatic rings. The molecule has 180 valence electrons. The first-order chi connectivity index (χ1) is 15.7. The molecule has 0 saturated heterocycles. The van der Waals surface area contributed by atoms with Gasteiger partial charge in [-0.3, -0.25) is 4.98 Å². The lowest BCUT2D eigenvalue weighted by molar-refractivity contribution is -0.274. The lowest BCUT2D eigenvalue weighted by Crippen LogP contribution is -2.17. The van der Waals surface area contributed by atoms with Crippen LogP contribution in [0.25, 0.3) is 33.5 Å². The molecule has 0 N–H and O–H groups in total. The van der Waals surface area contributed by atoms with Crippen molar-refractivity contribution in [3.05, 3.63) is 42.2 Å². The maximum absolute atomic E-state index is 13.2. The molecule has 0 fully saturated rings. The van der Waals surface area contributed by atoms with Crippen LogP contribution in [0.2, 0.25) is 0 Å². The molecule has 3 heterocycles. The fourth-order valence-electron chi connectivity index (χ4n) is 3.48. The molecular weight excluding hydrogens is 490 g/mol. The number of ether oxygens (including phenoxy) is 1. The van der Waals surface area contributed by atoms with E-state index in [4.69, 9.17) is 0 Å². The van der Waals surface area contributed by atoms with Crippen LogP contribution in [0.5, 0.6) is 5.75 Å². The number of fused-ring (bicyclic) bond motifs is 3. The average molecular weight is 504 g/mol. The number of rotatable bonds is 4. The molecule has 0 saturated carbocycles. The van der Waals surface area contributed by atoms with Crippen LogP contribution in [0.3, 0.4) is 0 Å². The molecule has 7 nitrogen and oxygen atoms in total. The Morgan fingerprint density at radius 2 is 1.76 bits per heavy atom. The highest BCUT2D eigenvalue weighted by atomic mass is 32.2. The summed E-state index contributed by atoms with van der Waals surface area (Å²) in [6.07, 6.45) is -8.14. The first-order valence-electron chi connectivity index (χ1n) is 9.53. The normalized spacial score (nSPS) is 13.1. The van der Waals surface area contributed by atoms with Gasteiger partial charge in [0, 0.05) is 18.6 Å². The Kier molecular flexibility index (Phi) is 5.46. The van der Waals surface area contributed by atoms with Crippen LogP contribution in [0.4, 0.5) is 26.3 Å². The number of aryl methyl sites for hydroxylation is 1. The largest absolute Gasteiger partial charge is 0.573 e. The topological polar surface area (TPSA) is 87.0 Å². The summed E-state index contributed by atoms with van der Waals surface area (Å²) in [5.74, 6) is -1.15. The minimum atomic E-state index is -4.96. The smallest absolute Gasteiger partial charge is 0.403 e. The maximum Gasteiger partial charge on any atom is 0.573 e. The molecule has 0 bridgehead atoms. The minimum Gasteiger partial charge on any atom is -0.403 e. The lowest BCUT2D eigenvalue weighted by Gasteiger charge is -2.13. The van der Waals surface area contributed by atoms with Crippen molar-refractivity contribution < 1.29 is 39.5 Å². The highest BCUT2D eigenvalue weighted by Crippen LogP contribution is 2.37. The van der Waals surface area contributed by atoms with Gasteiger partial charge in [0.2, 0.25) is 0 Å². The first-order valence-corrected chi connectivity index (χ1v) is 11.2. The summed E-state index contributed by atoms with van der Waals surface area (Å²) in [5, 5.41) is 0.201. The molecule has 0 aliphatic carbocycles. The zero-order valence-corrected chi connectivity index (χ0v) is 18.2. The Morgan fingerprint density at radius 3 is 2.38 bits per heavy atom. The van der Waals surface area contributed by atoms with E-state index in [0.29, 0.717) is 12.3 Å². The number of benzene rings is 1. The monoisotopic (exact) mass is 504 g/mol. The van der Waals surface area contributed by atoms with Crippen LogP contribution < -0.4 is 4.74 Å². The number of halogens is 6. The average Bonchev–Trinajstić information content (AvgIpc) is 3.08. The number of pyridine rings is 2. The lowest BCUT2D eigenvalue weighted by atomic mass is 10.2. The number of para-hydroxylation sites is 1. The van der Waals surface area contributed by atoms with Crippen LogP contribution in [0.1, 0.15) is 12.5 Å². The van der Waals surface area contributed by atoms with Gasteiger partial charge < -0.3 is 9.30 Å². The van der Waals surface area contributed by atoms with Crippen molar-refractivity contribution in [3.63, 3.8) is 0 Å². The second-order valence-electron chi connectivity index (χ2n) is 7.16. The quantitative estimate of drug-likeness (QED) is 0.368. The van der Waals surface area contributed by atoms with E-state index in [0.717, 1.165) is 12.3 Å². The van der Waals surface area contributed by atoms with Crippen LogP contribution in [0, 0.1) is 0 Å². The van der Waals surface area contributed by atoms with Gasteiger partial charge >= 0.3 is 12.5 Å². The van der Waals surface area contributed by atoms with Crippen LogP contribution in [0.15, 0.2) is 41.6 Å². The SMILES string of the molecule is CCS(=O)(=O)c1cc(C(F)(F)F)cnc1-c1nc2cnc3c(OC(F)(F)F)cccc3c2n1C. The maximum atomic E-state index is 13.2. The van der Waals surface area contributed by atoms with Gasteiger partial charge in [-0.15, -0.1) is 13.2 Å². The van der Waals surface area contributed by atoms with Crippen LogP contribution in [-0.4, -0.2) is 40.1 Å². The summed E-state index contributed by atoms with van der Waals surface area (Å²) < 4.78 is 109. The molecule has 14 heteroatoms. The van der Waals surface area contributed by atoms with Gasteiger partial charge in [0.15, 0.2) is 21.4 Å². The number of nitrogens with zero attached hydrogens (tertiary/aromatic N) is 4. The van der Waals surface area contributed by atoms with Crippen molar-refractivity contribution in [2.75, 3.05) is 5.75 Å². The van der Waals surface area contributed by atoms with Crippen molar-refractivity contribution in [2.24, 2.45) is 7.05 Å². The summed E-state index contributed by atoms with van der Waals surface area (Å²) in [4.78, 5) is 11.3. The summed E-state index contributed by atoms with van der Waals surface area (Å²) in [6.45, 7) is 1.27. The summed E-state index contributed by atoms with van der Waals surface area (Å²) in [6, 6.07) is 4.34. The predicted octanol–water partition coefficient (Wildman–Crippen LogP) is 4.89. The third kappa shape index (κ3) is 4.13. The van der Waals surface area contributed by atoms with E-state index in [1.807, 2.05) is 0 Å². The Bertz CT molecular complexity index is 1530. The minimum absolute atomic E-state index is 0.104. The number of aromatic nitrogens is 4. The van der Waals surface area contributed by atoms with E-state index in [1.54, 1.807) is 0 Å². The van der Waals surface area contributed by atoms with E-state index in [9.17, 15) is 34.8 Å².